The summed E-state index contributed by atoms with van der Waals surface area (Å²) in [6.07, 6.45) is 0. The number of halogens is 1. The van der Waals surface area contributed by atoms with E-state index in [0.717, 1.165) is 21.1 Å². The lowest BCUT2D eigenvalue weighted by atomic mass is 10.2. The third kappa shape index (κ3) is 5.13. The molecule has 0 amide bonds. The lowest BCUT2D eigenvalue weighted by Crippen LogP contribution is -2.24. The van der Waals surface area contributed by atoms with Gasteiger partial charge in [-0.25, -0.2) is 18.1 Å². The SMILES string of the molecule is CCOc1ccc(OCC)c(S(=O)(=O)NCc2sc(-c3ccccc3Cl)nc2C)c1. The summed E-state index contributed by atoms with van der Waals surface area (Å²) in [6, 6.07) is 12.2. The van der Waals surface area contributed by atoms with E-state index in [0.29, 0.717) is 24.0 Å². The highest BCUT2D eigenvalue weighted by Crippen LogP contribution is 2.33. The average Bonchev–Trinajstić information content (AvgIpc) is 3.09. The van der Waals surface area contributed by atoms with Crippen LogP contribution in [0.3, 0.4) is 0 Å². The number of nitrogens with one attached hydrogen (secondary N) is 1. The zero-order valence-corrected chi connectivity index (χ0v) is 19.3. The van der Waals surface area contributed by atoms with E-state index in [2.05, 4.69) is 9.71 Å². The highest BCUT2D eigenvalue weighted by Gasteiger charge is 2.22. The molecule has 0 bridgehead atoms. The van der Waals surface area contributed by atoms with Crippen molar-refractivity contribution in [1.82, 2.24) is 9.71 Å². The van der Waals surface area contributed by atoms with E-state index in [1.165, 1.54) is 17.4 Å². The third-order valence-electron chi connectivity index (χ3n) is 4.24. The van der Waals surface area contributed by atoms with E-state index in [1.54, 1.807) is 25.1 Å². The number of aryl methyl sites for hydroxylation is 1. The van der Waals surface area contributed by atoms with Crippen molar-refractivity contribution >= 4 is 33.0 Å². The summed E-state index contributed by atoms with van der Waals surface area (Å²) in [6.45, 7) is 6.39. The van der Waals surface area contributed by atoms with Crippen molar-refractivity contribution in [3.63, 3.8) is 0 Å². The molecule has 6 nitrogen and oxygen atoms in total. The number of ether oxygens (including phenoxy) is 2. The van der Waals surface area contributed by atoms with Gasteiger partial charge in [0, 0.05) is 23.1 Å². The van der Waals surface area contributed by atoms with Crippen LogP contribution >= 0.6 is 22.9 Å². The van der Waals surface area contributed by atoms with Crippen LogP contribution in [0.15, 0.2) is 47.4 Å². The molecule has 0 aliphatic carbocycles. The van der Waals surface area contributed by atoms with Crippen LogP contribution in [0.1, 0.15) is 24.4 Å². The largest absolute Gasteiger partial charge is 0.494 e. The molecule has 9 heteroatoms. The van der Waals surface area contributed by atoms with Gasteiger partial charge in [-0.1, -0.05) is 29.8 Å². The van der Waals surface area contributed by atoms with Crippen LogP contribution in [0, 0.1) is 6.92 Å². The number of hydrogen-bond acceptors (Lipinski definition) is 6. The van der Waals surface area contributed by atoms with Gasteiger partial charge in [-0.2, -0.15) is 0 Å². The van der Waals surface area contributed by atoms with Gasteiger partial charge in [0.15, 0.2) is 0 Å². The van der Waals surface area contributed by atoms with Crippen molar-refractivity contribution in [2.75, 3.05) is 13.2 Å². The Morgan fingerprint density at radius 3 is 2.53 bits per heavy atom. The van der Waals surface area contributed by atoms with Crippen molar-refractivity contribution in [3.8, 4) is 22.1 Å². The smallest absolute Gasteiger partial charge is 0.244 e. The molecule has 1 N–H and O–H groups in total. The molecule has 30 heavy (non-hydrogen) atoms. The molecule has 1 heterocycles. The molecular formula is C21H23ClN2O4S2. The van der Waals surface area contributed by atoms with Gasteiger partial charge in [0.2, 0.25) is 10.0 Å². The molecule has 0 aliphatic heterocycles. The van der Waals surface area contributed by atoms with Crippen LogP contribution in [-0.2, 0) is 16.6 Å². The maximum absolute atomic E-state index is 13.0. The van der Waals surface area contributed by atoms with Crippen LogP contribution in [0.25, 0.3) is 10.6 Å². The first-order valence-corrected chi connectivity index (χ1v) is 12.1. The maximum Gasteiger partial charge on any atom is 0.244 e. The molecule has 3 aromatic rings. The quantitative estimate of drug-likeness (QED) is 0.477. The van der Waals surface area contributed by atoms with E-state index >= 15 is 0 Å². The number of sulfonamides is 1. The minimum absolute atomic E-state index is 0.0452. The second kappa shape index (κ2) is 9.78. The van der Waals surface area contributed by atoms with Gasteiger partial charge in [0.1, 0.15) is 21.4 Å². The van der Waals surface area contributed by atoms with Crippen LogP contribution in [0.4, 0.5) is 0 Å². The Morgan fingerprint density at radius 1 is 1.10 bits per heavy atom. The Kier molecular flexibility index (Phi) is 7.36. The summed E-state index contributed by atoms with van der Waals surface area (Å²) in [5.41, 5.74) is 1.58. The summed E-state index contributed by atoms with van der Waals surface area (Å²) >= 11 is 7.68. The molecule has 0 saturated carbocycles. The van der Waals surface area contributed by atoms with Crippen LogP contribution in [-0.4, -0.2) is 26.6 Å². The first-order chi connectivity index (χ1) is 14.4. The standard InChI is InChI=1S/C21H23ClN2O4S2/c1-4-27-15-10-11-18(28-5-2)20(12-15)30(25,26)23-13-19-14(3)24-21(29-19)16-8-6-7-9-17(16)22/h6-12,23H,4-5,13H2,1-3H3. The number of benzene rings is 2. The van der Waals surface area contributed by atoms with Gasteiger partial charge in [0.05, 0.1) is 23.9 Å². The molecule has 160 valence electrons. The minimum atomic E-state index is -3.83. The fraction of sp³-hybridized carbons (Fsp3) is 0.286. The van der Waals surface area contributed by atoms with Gasteiger partial charge in [-0.3, -0.25) is 0 Å². The fourth-order valence-corrected chi connectivity index (χ4v) is 5.38. The minimum Gasteiger partial charge on any atom is -0.494 e. The Hall–Kier alpha value is -2.13. The summed E-state index contributed by atoms with van der Waals surface area (Å²) in [5, 5.41) is 1.35. The lowest BCUT2D eigenvalue weighted by molar-refractivity contribution is 0.322. The van der Waals surface area contributed by atoms with Crippen LogP contribution < -0.4 is 14.2 Å². The predicted octanol–water partition coefficient (Wildman–Crippen LogP) is 5.05. The van der Waals surface area contributed by atoms with Crippen molar-refractivity contribution in [2.45, 2.75) is 32.2 Å². The van der Waals surface area contributed by atoms with Gasteiger partial charge in [-0.05, 0) is 39.0 Å². The molecule has 0 radical (unpaired) electrons. The fourth-order valence-electron chi connectivity index (χ4n) is 2.81. The molecule has 2 aromatic carbocycles. The summed E-state index contributed by atoms with van der Waals surface area (Å²) in [4.78, 5) is 5.41. The average molecular weight is 467 g/mol. The van der Waals surface area contributed by atoms with E-state index in [4.69, 9.17) is 21.1 Å². The Balaban J connectivity index is 1.85. The number of hydrogen-bond donors (Lipinski definition) is 1. The summed E-state index contributed by atoms with van der Waals surface area (Å²) in [5.74, 6) is 0.752. The van der Waals surface area contributed by atoms with E-state index in [9.17, 15) is 8.42 Å². The Bertz CT molecular complexity index is 1130. The molecule has 0 spiro atoms. The Morgan fingerprint density at radius 2 is 1.83 bits per heavy atom. The van der Waals surface area contributed by atoms with E-state index in [-0.39, 0.29) is 17.2 Å². The molecule has 0 fully saturated rings. The molecule has 0 unspecified atom stereocenters. The number of rotatable bonds is 9. The van der Waals surface area contributed by atoms with Crippen molar-refractivity contribution in [1.29, 1.82) is 0 Å². The van der Waals surface area contributed by atoms with Crippen LogP contribution in [0.2, 0.25) is 5.02 Å². The second-order valence-corrected chi connectivity index (χ2v) is 9.53. The molecule has 3 rings (SSSR count). The first-order valence-electron chi connectivity index (χ1n) is 9.46. The monoisotopic (exact) mass is 466 g/mol. The zero-order chi connectivity index (χ0) is 21.7. The first kappa shape index (κ1) is 22.6. The predicted molar refractivity (Wildman–Crippen MR) is 120 cm³/mol. The normalized spacial score (nSPS) is 11.5. The summed E-state index contributed by atoms with van der Waals surface area (Å²) < 4.78 is 39.6. The molecular weight excluding hydrogens is 444 g/mol. The van der Waals surface area contributed by atoms with Crippen LogP contribution in [0.5, 0.6) is 11.5 Å². The van der Waals surface area contributed by atoms with Gasteiger partial charge < -0.3 is 9.47 Å². The molecule has 1 aromatic heterocycles. The topological polar surface area (TPSA) is 77.5 Å². The van der Waals surface area contributed by atoms with Crippen molar-refractivity contribution in [3.05, 3.63) is 58.1 Å². The number of aromatic nitrogens is 1. The third-order valence-corrected chi connectivity index (χ3v) is 7.18. The summed E-state index contributed by atoms with van der Waals surface area (Å²) in [7, 11) is -3.83. The van der Waals surface area contributed by atoms with Gasteiger partial charge in [0.25, 0.3) is 0 Å². The number of nitrogens with zero attached hydrogens (tertiary/aromatic N) is 1. The molecule has 0 aliphatic rings. The number of thiazole rings is 1. The lowest BCUT2D eigenvalue weighted by Gasteiger charge is -2.13. The van der Waals surface area contributed by atoms with Gasteiger partial charge in [-0.15, -0.1) is 11.3 Å². The van der Waals surface area contributed by atoms with Gasteiger partial charge >= 0.3 is 0 Å². The Labute approximate surface area is 185 Å². The van der Waals surface area contributed by atoms with Crippen molar-refractivity contribution < 1.29 is 17.9 Å². The van der Waals surface area contributed by atoms with E-state index in [1.807, 2.05) is 32.0 Å². The van der Waals surface area contributed by atoms with E-state index < -0.39 is 10.0 Å². The molecule has 0 atom stereocenters. The highest BCUT2D eigenvalue weighted by atomic mass is 35.5. The van der Waals surface area contributed by atoms with Crippen molar-refractivity contribution in [2.24, 2.45) is 0 Å². The highest BCUT2D eigenvalue weighted by molar-refractivity contribution is 7.89. The molecule has 0 saturated heterocycles. The zero-order valence-electron chi connectivity index (χ0n) is 16.9. The second-order valence-electron chi connectivity index (χ2n) is 6.31. The maximum atomic E-state index is 13.0.